The topological polar surface area (TPSA) is 48.5 Å². The molecule has 0 radical (unpaired) electrons. The Morgan fingerprint density at radius 2 is 2.12 bits per heavy atom. The molecule has 6 heteroatoms. The van der Waals surface area contributed by atoms with Gasteiger partial charge in [-0.25, -0.2) is 9.78 Å². The van der Waals surface area contributed by atoms with E-state index < -0.39 is 0 Å². The van der Waals surface area contributed by atoms with Crippen LogP contribution in [-0.4, -0.2) is 47.0 Å². The molecule has 0 spiro atoms. The van der Waals surface area contributed by atoms with Crippen molar-refractivity contribution in [1.82, 2.24) is 14.8 Å². The van der Waals surface area contributed by atoms with Gasteiger partial charge in [0, 0.05) is 31.9 Å². The second-order valence-electron chi connectivity index (χ2n) is 6.06. The van der Waals surface area contributed by atoms with Crippen LogP contribution in [0, 0.1) is 0 Å². The fourth-order valence-corrected chi connectivity index (χ4v) is 3.13. The van der Waals surface area contributed by atoms with Crippen molar-refractivity contribution in [2.45, 2.75) is 19.0 Å². The quantitative estimate of drug-likeness (QED) is 0.864. The van der Waals surface area contributed by atoms with Crippen molar-refractivity contribution in [3.8, 4) is 0 Å². The normalized spacial score (nSPS) is 17.3. The number of hydrogen-bond acceptors (Lipinski definition) is 3. The molecule has 2 heterocycles. The molecule has 1 atom stereocenters. The van der Waals surface area contributed by atoms with E-state index in [1.54, 1.807) is 18.3 Å². The third-order valence-electron chi connectivity index (χ3n) is 4.35. The van der Waals surface area contributed by atoms with Crippen LogP contribution < -0.4 is 5.32 Å². The zero-order valence-corrected chi connectivity index (χ0v) is 14.4. The van der Waals surface area contributed by atoms with Gasteiger partial charge in [-0.05, 0) is 31.2 Å². The average molecular weight is 345 g/mol. The third-order valence-corrected chi connectivity index (χ3v) is 4.65. The molecule has 1 aliphatic rings. The minimum absolute atomic E-state index is 0.125. The number of urea groups is 1. The Kier molecular flexibility index (Phi) is 5.33. The molecule has 1 aliphatic heterocycles. The summed E-state index contributed by atoms with van der Waals surface area (Å²) in [5.41, 5.74) is 1.83. The fraction of sp³-hybridized carbons (Fsp3) is 0.333. The molecule has 3 rings (SSSR count). The first-order chi connectivity index (χ1) is 11.6. The van der Waals surface area contributed by atoms with Crippen LogP contribution in [0.25, 0.3) is 0 Å². The smallest absolute Gasteiger partial charge is 0.321 e. The number of likely N-dealkylation sites (tertiary alicyclic amines) is 1. The van der Waals surface area contributed by atoms with Gasteiger partial charge in [0.25, 0.3) is 0 Å². The maximum Gasteiger partial charge on any atom is 0.321 e. The molecular weight excluding hydrogens is 324 g/mol. The number of anilines is 1. The summed E-state index contributed by atoms with van der Waals surface area (Å²) in [6.45, 7) is 2.34. The standard InChI is InChI=1S/C18H21ClN4O/c1-22(12-14-6-3-2-4-7-14)15-9-11-23(13-15)18(24)21-16-8-5-10-20-17(16)19/h2-8,10,15H,9,11-13H2,1H3,(H,21,24)/t15-/m1/s1. The summed E-state index contributed by atoms with van der Waals surface area (Å²) in [6, 6.07) is 14.1. The van der Waals surface area contributed by atoms with Crippen molar-refractivity contribution in [2.24, 2.45) is 0 Å². The van der Waals surface area contributed by atoms with Crippen LogP contribution in [0.5, 0.6) is 0 Å². The molecule has 1 aromatic carbocycles. The number of nitrogens with zero attached hydrogens (tertiary/aromatic N) is 3. The van der Waals surface area contributed by atoms with E-state index in [2.05, 4.69) is 46.5 Å². The first-order valence-corrected chi connectivity index (χ1v) is 8.42. The van der Waals surface area contributed by atoms with Gasteiger partial charge >= 0.3 is 6.03 Å². The van der Waals surface area contributed by atoms with Gasteiger partial charge in [-0.2, -0.15) is 0 Å². The average Bonchev–Trinajstić information content (AvgIpc) is 3.08. The van der Waals surface area contributed by atoms with Crippen LogP contribution in [0.15, 0.2) is 48.7 Å². The van der Waals surface area contributed by atoms with Crippen molar-refractivity contribution in [3.05, 3.63) is 59.4 Å². The van der Waals surface area contributed by atoms with Crippen LogP contribution in [0.2, 0.25) is 5.15 Å². The van der Waals surface area contributed by atoms with Crippen molar-refractivity contribution in [3.63, 3.8) is 0 Å². The predicted octanol–water partition coefficient (Wildman–Crippen LogP) is 3.47. The van der Waals surface area contributed by atoms with E-state index in [1.807, 2.05) is 11.0 Å². The first-order valence-electron chi connectivity index (χ1n) is 8.04. The molecule has 126 valence electrons. The van der Waals surface area contributed by atoms with Gasteiger partial charge in [0.15, 0.2) is 5.15 Å². The number of carbonyl (C=O) groups excluding carboxylic acids is 1. The number of nitrogens with one attached hydrogen (secondary N) is 1. The van der Waals surface area contributed by atoms with E-state index in [0.717, 1.165) is 19.5 Å². The summed E-state index contributed by atoms with van der Waals surface area (Å²) in [5.74, 6) is 0. The largest absolute Gasteiger partial charge is 0.323 e. The Morgan fingerprint density at radius 1 is 1.33 bits per heavy atom. The van der Waals surface area contributed by atoms with E-state index >= 15 is 0 Å². The first kappa shape index (κ1) is 16.7. The van der Waals surface area contributed by atoms with Crippen LogP contribution in [-0.2, 0) is 6.54 Å². The number of pyridine rings is 1. The zero-order chi connectivity index (χ0) is 16.9. The Morgan fingerprint density at radius 3 is 2.88 bits per heavy atom. The number of halogens is 1. The number of benzene rings is 1. The van der Waals surface area contributed by atoms with Crippen molar-refractivity contribution in [2.75, 3.05) is 25.5 Å². The highest BCUT2D eigenvalue weighted by Gasteiger charge is 2.29. The number of hydrogen-bond donors (Lipinski definition) is 1. The number of amides is 2. The second-order valence-corrected chi connectivity index (χ2v) is 6.42. The number of rotatable bonds is 4. The highest BCUT2D eigenvalue weighted by Crippen LogP contribution is 2.21. The molecule has 2 amide bonds. The number of likely N-dealkylation sites (N-methyl/N-ethyl adjacent to an activating group) is 1. The number of carbonyl (C=O) groups is 1. The molecule has 0 aliphatic carbocycles. The molecule has 1 aromatic heterocycles. The minimum atomic E-state index is -0.125. The molecule has 5 nitrogen and oxygen atoms in total. The van der Waals surface area contributed by atoms with Gasteiger partial charge in [0.05, 0.1) is 5.69 Å². The van der Waals surface area contributed by atoms with Gasteiger partial charge in [-0.3, -0.25) is 4.90 Å². The highest BCUT2D eigenvalue weighted by molar-refractivity contribution is 6.32. The van der Waals surface area contributed by atoms with Crippen LogP contribution in [0.1, 0.15) is 12.0 Å². The summed E-state index contributed by atoms with van der Waals surface area (Å²) < 4.78 is 0. The van der Waals surface area contributed by atoms with Crippen LogP contribution >= 0.6 is 11.6 Å². The molecule has 1 fully saturated rings. The zero-order valence-electron chi connectivity index (χ0n) is 13.7. The lowest BCUT2D eigenvalue weighted by atomic mass is 10.1. The molecule has 0 bridgehead atoms. The summed E-state index contributed by atoms with van der Waals surface area (Å²) >= 11 is 5.99. The van der Waals surface area contributed by atoms with E-state index in [1.165, 1.54) is 5.56 Å². The van der Waals surface area contributed by atoms with Gasteiger partial charge in [-0.1, -0.05) is 41.9 Å². The summed E-state index contributed by atoms with van der Waals surface area (Å²) in [7, 11) is 2.11. The molecule has 0 unspecified atom stereocenters. The Balaban J connectivity index is 1.55. The Bertz CT molecular complexity index is 694. The minimum Gasteiger partial charge on any atom is -0.323 e. The second kappa shape index (κ2) is 7.64. The van der Waals surface area contributed by atoms with Crippen LogP contribution in [0.3, 0.4) is 0 Å². The van der Waals surface area contributed by atoms with Crippen molar-refractivity contribution < 1.29 is 4.79 Å². The van der Waals surface area contributed by atoms with E-state index in [0.29, 0.717) is 23.4 Å². The lowest BCUT2D eigenvalue weighted by Gasteiger charge is -2.25. The number of aromatic nitrogens is 1. The van der Waals surface area contributed by atoms with E-state index in [9.17, 15) is 4.79 Å². The van der Waals surface area contributed by atoms with Gasteiger partial charge in [0.2, 0.25) is 0 Å². The lowest BCUT2D eigenvalue weighted by Crippen LogP contribution is -2.38. The van der Waals surface area contributed by atoms with Gasteiger partial charge in [0.1, 0.15) is 0 Å². The molecule has 2 aromatic rings. The van der Waals surface area contributed by atoms with Gasteiger partial charge < -0.3 is 10.2 Å². The Labute approximate surface area is 147 Å². The third kappa shape index (κ3) is 4.04. The molecule has 1 N–H and O–H groups in total. The Hall–Kier alpha value is -2.11. The van der Waals surface area contributed by atoms with E-state index in [4.69, 9.17) is 11.6 Å². The van der Waals surface area contributed by atoms with Gasteiger partial charge in [-0.15, -0.1) is 0 Å². The molecule has 1 saturated heterocycles. The maximum atomic E-state index is 12.4. The van der Waals surface area contributed by atoms with Crippen molar-refractivity contribution in [1.29, 1.82) is 0 Å². The molecule has 24 heavy (non-hydrogen) atoms. The highest BCUT2D eigenvalue weighted by atomic mass is 35.5. The molecule has 0 saturated carbocycles. The van der Waals surface area contributed by atoms with E-state index in [-0.39, 0.29) is 6.03 Å². The SMILES string of the molecule is CN(Cc1ccccc1)[C@@H]1CCN(C(=O)Nc2cccnc2Cl)C1. The van der Waals surface area contributed by atoms with Crippen molar-refractivity contribution >= 4 is 23.3 Å². The summed E-state index contributed by atoms with van der Waals surface area (Å²) in [5, 5.41) is 3.14. The summed E-state index contributed by atoms with van der Waals surface area (Å²) in [4.78, 5) is 20.5. The fourth-order valence-electron chi connectivity index (χ4n) is 2.96. The molecular formula is C18H21ClN4O. The maximum absolute atomic E-state index is 12.4. The summed E-state index contributed by atoms with van der Waals surface area (Å²) in [6.07, 6.45) is 2.57. The lowest BCUT2D eigenvalue weighted by molar-refractivity contribution is 0.208. The predicted molar refractivity (Wildman–Crippen MR) is 96.2 cm³/mol. The van der Waals surface area contributed by atoms with Crippen LogP contribution in [0.4, 0.5) is 10.5 Å². The monoisotopic (exact) mass is 344 g/mol.